The highest BCUT2D eigenvalue weighted by Crippen LogP contribution is 2.29. The largest absolute Gasteiger partial charge is 0.460 e. The van der Waals surface area contributed by atoms with Crippen molar-refractivity contribution in [3.8, 4) is 11.3 Å². The van der Waals surface area contributed by atoms with Gasteiger partial charge >= 0.3 is 0 Å². The van der Waals surface area contributed by atoms with Crippen LogP contribution in [0, 0.1) is 0 Å². The highest BCUT2D eigenvalue weighted by atomic mass is 35.5. The first-order chi connectivity index (χ1) is 12.1. The van der Waals surface area contributed by atoms with E-state index in [4.69, 9.17) is 16.0 Å². The van der Waals surface area contributed by atoms with Crippen molar-refractivity contribution in [2.45, 2.75) is 38.9 Å². The van der Waals surface area contributed by atoms with Crippen molar-refractivity contribution < 1.29 is 9.52 Å². The Morgan fingerprint density at radius 2 is 2.00 bits per heavy atom. The van der Waals surface area contributed by atoms with Crippen LogP contribution in [0.4, 0.5) is 0 Å². The third-order valence-corrected chi connectivity index (χ3v) is 5.25. The number of hydrogen-bond donors (Lipinski definition) is 1. The molecule has 1 atom stereocenters. The number of piperazine rings is 1. The maximum atomic E-state index is 9.37. The molecule has 5 heteroatoms. The molecule has 0 amide bonds. The van der Waals surface area contributed by atoms with E-state index in [2.05, 4.69) is 23.6 Å². The summed E-state index contributed by atoms with van der Waals surface area (Å²) in [5, 5.41) is 10.1. The molecule has 1 aromatic carbocycles. The molecule has 0 unspecified atom stereocenters. The second-order valence-corrected chi connectivity index (χ2v) is 7.39. The van der Waals surface area contributed by atoms with E-state index in [0.29, 0.717) is 17.1 Å². The third-order valence-electron chi connectivity index (χ3n) is 4.92. The number of benzene rings is 1. The second-order valence-electron chi connectivity index (χ2n) is 6.98. The van der Waals surface area contributed by atoms with Crippen LogP contribution in [0.3, 0.4) is 0 Å². The fraction of sp³-hybridized carbons (Fsp3) is 0.500. The Labute approximate surface area is 155 Å². The molecular formula is C20H27ClN2O2. The molecule has 25 heavy (non-hydrogen) atoms. The minimum Gasteiger partial charge on any atom is -0.460 e. The van der Waals surface area contributed by atoms with E-state index >= 15 is 0 Å². The molecular weight excluding hydrogens is 336 g/mol. The molecule has 136 valence electrons. The summed E-state index contributed by atoms with van der Waals surface area (Å²) in [4.78, 5) is 4.90. The zero-order valence-corrected chi connectivity index (χ0v) is 15.7. The predicted molar refractivity (Wildman–Crippen MR) is 102 cm³/mol. The van der Waals surface area contributed by atoms with Crippen molar-refractivity contribution in [3.63, 3.8) is 0 Å². The van der Waals surface area contributed by atoms with Crippen LogP contribution >= 0.6 is 11.6 Å². The van der Waals surface area contributed by atoms with Gasteiger partial charge < -0.3 is 9.52 Å². The Bertz CT molecular complexity index is 686. The van der Waals surface area contributed by atoms with Gasteiger partial charge in [-0.2, -0.15) is 0 Å². The molecule has 0 spiro atoms. The van der Waals surface area contributed by atoms with Crippen LogP contribution in [-0.2, 0) is 6.54 Å². The first-order valence-electron chi connectivity index (χ1n) is 9.01. The van der Waals surface area contributed by atoms with Crippen molar-refractivity contribution >= 4 is 11.6 Å². The maximum absolute atomic E-state index is 9.37. The SMILES string of the molecule is CC(C)N1CCN(Cc2ccc(-c3ccccc3Cl)o2)C[C@@H]1CCO. The fourth-order valence-corrected chi connectivity index (χ4v) is 3.88. The van der Waals surface area contributed by atoms with Gasteiger partial charge in [0.25, 0.3) is 0 Å². The summed E-state index contributed by atoms with van der Waals surface area (Å²) in [5.74, 6) is 1.77. The lowest BCUT2D eigenvalue weighted by Crippen LogP contribution is -2.55. The van der Waals surface area contributed by atoms with Crippen LogP contribution in [0.25, 0.3) is 11.3 Å². The van der Waals surface area contributed by atoms with E-state index in [9.17, 15) is 5.11 Å². The van der Waals surface area contributed by atoms with Gasteiger partial charge in [-0.3, -0.25) is 9.80 Å². The number of furan rings is 1. The van der Waals surface area contributed by atoms with Gasteiger partial charge in [-0.05, 0) is 44.5 Å². The quantitative estimate of drug-likeness (QED) is 0.846. The Hall–Kier alpha value is -1.33. The molecule has 1 N–H and O–H groups in total. The van der Waals surface area contributed by atoms with E-state index in [-0.39, 0.29) is 6.61 Å². The highest BCUT2D eigenvalue weighted by molar-refractivity contribution is 6.33. The summed E-state index contributed by atoms with van der Waals surface area (Å²) in [5.41, 5.74) is 0.929. The van der Waals surface area contributed by atoms with Crippen molar-refractivity contribution in [1.82, 2.24) is 9.80 Å². The van der Waals surface area contributed by atoms with Gasteiger partial charge in [-0.1, -0.05) is 23.7 Å². The van der Waals surface area contributed by atoms with Crippen LogP contribution in [0.15, 0.2) is 40.8 Å². The number of nitrogens with zero attached hydrogens (tertiary/aromatic N) is 2. The van der Waals surface area contributed by atoms with Crippen LogP contribution in [-0.4, -0.2) is 53.2 Å². The molecule has 1 saturated heterocycles. The lowest BCUT2D eigenvalue weighted by atomic mass is 10.1. The van der Waals surface area contributed by atoms with Gasteiger partial charge in [0.2, 0.25) is 0 Å². The van der Waals surface area contributed by atoms with E-state index in [0.717, 1.165) is 49.7 Å². The number of rotatable bonds is 6. The van der Waals surface area contributed by atoms with E-state index in [1.807, 2.05) is 36.4 Å². The van der Waals surface area contributed by atoms with Gasteiger partial charge in [0.05, 0.1) is 11.6 Å². The minimum atomic E-state index is 0.235. The fourth-order valence-electron chi connectivity index (χ4n) is 3.65. The van der Waals surface area contributed by atoms with Gasteiger partial charge in [0.1, 0.15) is 11.5 Å². The Morgan fingerprint density at radius 1 is 1.20 bits per heavy atom. The van der Waals surface area contributed by atoms with E-state index in [1.54, 1.807) is 0 Å². The van der Waals surface area contributed by atoms with Crippen LogP contribution in [0.1, 0.15) is 26.0 Å². The smallest absolute Gasteiger partial charge is 0.135 e. The van der Waals surface area contributed by atoms with Gasteiger partial charge in [-0.25, -0.2) is 0 Å². The average molecular weight is 363 g/mol. The Kier molecular flexibility index (Phi) is 6.18. The van der Waals surface area contributed by atoms with Crippen LogP contribution < -0.4 is 0 Å². The van der Waals surface area contributed by atoms with Crippen molar-refractivity contribution in [2.24, 2.45) is 0 Å². The van der Waals surface area contributed by atoms with Crippen LogP contribution in [0.2, 0.25) is 5.02 Å². The number of halogens is 1. The molecule has 0 bridgehead atoms. The number of hydrogen-bond acceptors (Lipinski definition) is 4. The third kappa shape index (κ3) is 4.45. The molecule has 0 aliphatic carbocycles. The summed E-state index contributed by atoms with van der Waals surface area (Å²) in [7, 11) is 0. The molecule has 0 saturated carbocycles. The summed E-state index contributed by atoms with van der Waals surface area (Å²) in [6.07, 6.45) is 0.817. The highest BCUT2D eigenvalue weighted by Gasteiger charge is 2.28. The first-order valence-corrected chi connectivity index (χ1v) is 9.39. The summed E-state index contributed by atoms with van der Waals surface area (Å²) in [6, 6.07) is 12.7. The lowest BCUT2D eigenvalue weighted by molar-refractivity contribution is 0.0323. The van der Waals surface area contributed by atoms with E-state index in [1.165, 1.54) is 0 Å². The molecule has 1 aliphatic rings. The zero-order chi connectivity index (χ0) is 17.8. The molecule has 0 radical (unpaired) electrons. The molecule has 3 rings (SSSR count). The molecule has 1 aromatic heterocycles. The molecule has 1 aliphatic heterocycles. The van der Waals surface area contributed by atoms with Gasteiger partial charge in [0, 0.05) is 43.9 Å². The van der Waals surface area contributed by atoms with Crippen molar-refractivity contribution in [3.05, 3.63) is 47.2 Å². The standard InChI is InChI=1S/C20H27ClN2O2/c1-15(2)23-11-10-22(13-16(23)9-12-24)14-17-7-8-20(25-17)18-5-3-4-6-19(18)21/h3-8,15-16,24H,9-14H2,1-2H3/t16-/m0/s1. The Morgan fingerprint density at radius 3 is 2.72 bits per heavy atom. The van der Waals surface area contributed by atoms with Gasteiger partial charge in [0.15, 0.2) is 0 Å². The zero-order valence-electron chi connectivity index (χ0n) is 15.0. The summed E-state index contributed by atoms with van der Waals surface area (Å²) in [6.45, 7) is 8.48. The molecule has 2 aromatic rings. The molecule has 4 nitrogen and oxygen atoms in total. The number of aliphatic hydroxyl groups is 1. The Balaban J connectivity index is 1.66. The first kappa shape index (κ1) is 18.5. The van der Waals surface area contributed by atoms with E-state index < -0.39 is 0 Å². The normalized spacial score (nSPS) is 19.6. The average Bonchev–Trinajstić information content (AvgIpc) is 3.04. The maximum Gasteiger partial charge on any atom is 0.135 e. The molecule has 1 fully saturated rings. The number of aliphatic hydroxyl groups excluding tert-OH is 1. The van der Waals surface area contributed by atoms with Crippen LogP contribution in [0.5, 0.6) is 0 Å². The summed E-state index contributed by atoms with van der Waals surface area (Å²) < 4.78 is 6.03. The topological polar surface area (TPSA) is 39.9 Å². The lowest BCUT2D eigenvalue weighted by Gasteiger charge is -2.43. The second kappa shape index (κ2) is 8.37. The monoisotopic (exact) mass is 362 g/mol. The van der Waals surface area contributed by atoms with Gasteiger partial charge in [-0.15, -0.1) is 0 Å². The summed E-state index contributed by atoms with van der Waals surface area (Å²) >= 11 is 6.26. The minimum absolute atomic E-state index is 0.235. The predicted octanol–water partition coefficient (Wildman–Crippen LogP) is 3.88. The van der Waals surface area contributed by atoms with Crippen molar-refractivity contribution in [2.75, 3.05) is 26.2 Å². The van der Waals surface area contributed by atoms with Crippen molar-refractivity contribution in [1.29, 1.82) is 0 Å². The molecule has 2 heterocycles.